The van der Waals surface area contributed by atoms with Crippen LogP contribution in [-0.2, 0) is 0 Å². The van der Waals surface area contributed by atoms with Gasteiger partial charge in [0.25, 0.3) is 0 Å². The number of hydrogen-bond donors (Lipinski definition) is 2. The van der Waals surface area contributed by atoms with Crippen LogP contribution in [0, 0.1) is 17.1 Å². The molecule has 0 aliphatic carbocycles. The van der Waals surface area contributed by atoms with Gasteiger partial charge in [-0.05, 0) is 47.9 Å². The number of ether oxygens (including phenoxy) is 1. The molecule has 2 N–H and O–H groups in total. The molecule has 0 aromatic heterocycles. The summed E-state index contributed by atoms with van der Waals surface area (Å²) in [5.74, 6) is -2.22. The lowest BCUT2D eigenvalue weighted by molar-refractivity contribution is -0.295. The zero-order chi connectivity index (χ0) is 22.5. The number of rotatable bonds is 13. The van der Waals surface area contributed by atoms with E-state index in [0.717, 1.165) is 18.4 Å². The molecule has 2 rings (SSSR count). The highest BCUT2D eigenvalue weighted by Gasteiger charge is 2.24. The summed E-state index contributed by atoms with van der Waals surface area (Å²) in [6, 6.07) is 14.5. The maximum absolute atomic E-state index is 13.1. The topological polar surface area (TPSA) is 73.5 Å². The van der Waals surface area contributed by atoms with Gasteiger partial charge in [0.05, 0.1) is 11.6 Å². The molecule has 0 unspecified atom stereocenters. The van der Waals surface area contributed by atoms with Crippen LogP contribution in [0.1, 0.15) is 75.8 Å². The van der Waals surface area contributed by atoms with Crippen LogP contribution in [0.2, 0.25) is 0 Å². The molecule has 0 fully saturated rings. The first-order valence-electron chi connectivity index (χ1n) is 11.0. The maximum Gasteiger partial charge on any atom is 0.321 e. The average Bonchev–Trinajstić information content (AvgIpc) is 2.75. The molecule has 4 nitrogen and oxygen atoms in total. The first kappa shape index (κ1) is 24.6. The van der Waals surface area contributed by atoms with Gasteiger partial charge in [-0.25, -0.2) is 4.39 Å². The second-order valence-electron chi connectivity index (χ2n) is 7.82. The van der Waals surface area contributed by atoms with Crippen LogP contribution in [-0.4, -0.2) is 16.2 Å². The van der Waals surface area contributed by atoms with Crippen LogP contribution in [0.4, 0.5) is 4.39 Å². The number of hydrogen-bond acceptors (Lipinski definition) is 4. The summed E-state index contributed by atoms with van der Waals surface area (Å²) >= 11 is 0. The van der Waals surface area contributed by atoms with Crippen LogP contribution in [0.15, 0.2) is 48.5 Å². The third-order valence-electron chi connectivity index (χ3n) is 5.10. The quantitative estimate of drug-likeness (QED) is 0.168. The summed E-state index contributed by atoms with van der Waals surface area (Å²) in [5, 5.41) is 29.6. The lowest BCUT2D eigenvalue weighted by Gasteiger charge is -2.22. The third-order valence-corrected chi connectivity index (χ3v) is 5.10. The van der Waals surface area contributed by atoms with Crippen LogP contribution in [0.25, 0.3) is 11.6 Å². The van der Waals surface area contributed by atoms with Crippen molar-refractivity contribution in [2.75, 3.05) is 0 Å². The highest BCUT2D eigenvalue weighted by atomic mass is 19.1. The fraction of sp³-hybridized carbons (Fsp3) is 0.423. The molecule has 0 aliphatic rings. The van der Waals surface area contributed by atoms with Gasteiger partial charge < -0.3 is 14.9 Å². The molecule has 2 aromatic rings. The molecule has 31 heavy (non-hydrogen) atoms. The molecule has 0 saturated carbocycles. The number of benzene rings is 2. The second kappa shape index (κ2) is 12.9. The molecule has 0 heterocycles. The van der Waals surface area contributed by atoms with Gasteiger partial charge in [0.15, 0.2) is 0 Å². The number of unbranched alkanes of at least 4 members (excludes halogenated alkanes) is 7. The Hall–Kier alpha value is -2.68. The summed E-state index contributed by atoms with van der Waals surface area (Å²) < 4.78 is 18.4. The van der Waals surface area contributed by atoms with Crippen molar-refractivity contribution in [1.29, 1.82) is 5.26 Å². The molecule has 0 saturated heterocycles. The van der Waals surface area contributed by atoms with E-state index in [1.165, 1.54) is 44.2 Å². The fourth-order valence-electron chi connectivity index (χ4n) is 3.34. The minimum atomic E-state index is -2.20. The summed E-state index contributed by atoms with van der Waals surface area (Å²) in [6.07, 6.45) is 10.8. The summed E-state index contributed by atoms with van der Waals surface area (Å²) in [5.41, 5.74) is 1.78. The van der Waals surface area contributed by atoms with Gasteiger partial charge in [-0.2, -0.15) is 5.26 Å². The third kappa shape index (κ3) is 9.33. The van der Waals surface area contributed by atoms with E-state index < -0.39 is 5.97 Å². The van der Waals surface area contributed by atoms with Crippen molar-refractivity contribution >= 4 is 11.6 Å². The largest absolute Gasteiger partial charge is 0.439 e. The van der Waals surface area contributed by atoms with Gasteiger partial charge in [-0.3, -0.25) is 0 Å². The molecule has 0 atom stereocenters. The normalized spacial score (nSPS) is 11.9. The van der Waals surface area contributed by atoms with Crippen molar-refractivity contribution in [3.63, 3.8) is 0 Å². The van der Waals surface area contributed by atoms with Crippen LogP contribution >= 0.6 is 0 Å². The van der Waals surface area contributed by atoms with E-state index in [2.05, 4.69) is 13.0 Å². The number of halogens is 1. The molecular formula is C26H32FNO3. The van der Waals surface area contributed by atoms with E-state index in [1.807, 2.05) is 0 Å². The summed E-state index contributed by atoms with van der Waals surface area (Å²) in [6.45, 7) is 2.20. The van der Waals surface area contributed by atoms with Gasteiger partial charge in [-0.1, -0.05) is 76.1 Å². The molecule has 0 spiro atoms. The van der Waals surface area contributed by atoms with Crippen LogP contribution < -0.4 is 4.74 Å². The molecular weight excluding hydrogens is 393 g/mol. The van der Waals surface area contributed by atoms with Crippen molar-refractivity contribution in [2.24, 2.45) is 0 Å². The Morgan fingerprint density at radius 1 is 0.935 bits per heavy atom. The molecule has 0 amide bonds. The van der Waals surface area contributed by atoms with E-state index in [9.17, 15) is 19.9 Å². The number of nitrogens with zero attached hydrogens (tertiary/aromatic N) is 1. The number of nitriles is 1. The second-order valence-corrected chi connectivity index (χ2v) is 7.82. The van der Waals surface area contributed by atoms with E-state index >= 15 is 0 Å². The number of aliphatic hydroxyl groups is 2. The Morgan fingerprint density at radius 2 is 1.52 bits per heavy atom. The van der Waals surface area contributed by atoms with E-state index in [1.54, 1.807) is 42.5 Å². The average molecular weight is 426 g/mol. The van der Waals surface area contributed by atoms with Gasteiger partial charge in [0.2, 0.25) is 0 Å². The van der Waals surface area contributed by atoms with E-state index in [4.69, 9.17) is 4.74 Å². The van der Waals surface area contributed by atoms with Crippen molar-refractivity contribution in [3.8, 4) is 11.8 Å². The van der Waals surface area contributed by atoms with Gasteiger partial charge in [-0.15, -0.1) is 0 Å². The summed E-state index contributed by atoms with van der Waals surface area (Å²) in [7, 11) is 0. The van der Waals surface area contributed by atoms with Gasteiger partial charge in [0.1, 0.15) is 11.6 Å². The minimum Gasteiger partial charge on any atom is -0.439 e. The zero-order valence-corrected chi connectivity index (χ0v) is 18.2. The Morgan fingerprint density at radius 3 is 2.10 bits per heavy atom. The SMILES string of the molecule is CCCCCCCCCCC(O)(O)Oc1ccc(/C=C(\C#N)c2ccc(F)cc2)cc1. The highest BCUT2D eigenvalue weighted by molar-refractivity contribution is 5.89. The molecule has 5 heteroatoms. The predicted octanol–water partition coefficient (Wildman–Crippen LogP) is 6.44. The molecule has 0 aliphatic heterocycles. The van der Waals surface area contributed by atoms with Crippen molar-refractivity contribution < 1.29 is 19.3 Å². The zero-order valence-electron chi connectivity index (χ0n) is 18.2. The van der Waals surface area contributed by atoms with Gasteiger partial charge in [0, 0.05) is 6.42 Å². The van der Waals surface area contributed by atoms with Crippen molar-refractivity contribution in [3.05, 3.63) is 65.5 Å². The molecule has 166 valence electrons. The minimum absolute atomic E-state index is 0.146. The van der Waals surface area contributed by atoms with Gasteiger partial charge >= 0.3 is 5.97 Å². The predicted molar refractivity (Wildman–Crippen MR) is 121 cm³/mol. The molecule has 2 aromatic carbocycles. The smallest absolute Gasteiger partial charge is 0.321 e. The van der Waals surface area contributed by atoms with E-state index in [-0.39, 0.29) is 12.2 Å². The maximum atomic E-state index is 13.1. The Balaban J connectivity index is 1.84. The van der Waals surface area contributed by atoms with Crippen LogP contribution in [0.5, 0.6) is 5.75 Å². The highest BCUT2D eigenvalue weighted by Crippen LogP contribution is 2.23. The number of allylic oxidation sites excluding steroid dienone is 1. The van der Waals surface area contributed by atoms with E-state index in [0.29, 0.717) is 23.3 Å². The fourth-order valence-corrected chi connectivity index (χ4v) is 3.34. The van der Waals surface area contributed by atoms with Crippen molar-refractivity contribution in [2.45, 2.75) is 70.7 Å². The first-order chi connectivity index (χ1) is 14.9. The lowest BCUT2D eigenvalue weighted by atomic mass is 10.0. The van der Waals surface area contributed by atoms with Crippen LogP contribution in [0.3, 0.4) is 0 Å². The monoisotopic (exact) mass is 425 g/mol. The Bertz CT molecular complexity index is 852. The first-order valence-corrected chi connectivity index (χ1v) is 11.0. The Labute approximate surface area is 184 Å². The summed E-state index contributed by atoms with van der Waals surface area (Å²) in [4.78, 5) is 0. The lowest BCUT2D eigenvalue weighted by Crippen LogP contribution is -2.35. The molecule has 0 radical (unpaired) electrons. The van der Waals surface area contributed by atoms with Crippen molar-refractivity contribution in [1.82, 2.24) is 0 Å². The Kier molecular flexibility index (Phi) is 10.2. The molecule has 0 bridgehead atoms. The standard InChI is InChI=1S/C26H32FNO3/c1-2-3-4-5-6-7-8-9-18-26(29,30)31-25-16-10-21(11-17-25)19-23(20-28)22-12-14-24(27)15-13-22/h10-17,19,29-30H,2-9,18H2,1H3/b23-19+.